The molecule has 3 amide bonds. The van der Waals surface area contributed by atoms with E-state index in [0.717, 1.165) is 11.1 Å². The lowest BCUT2D eigenvalue weighted by Gasteiger charge is -2.32. The van der Waals surface area contributed by atoms with Crippen LogP contribution in [0.15, 0.2) is 60.1 Å². The zero-order valence-corrected chi connectivity index (χ0v) is 20.9. The summed E-state index contributed by atoms with van der Waals surface area (Å²) in [4.78, 5) is 45.0. The molecule has 1 heterocycles. The standard InChI is InChI=1S/C26H30N4O4S/c1-18-8-10-20(11-9-18)24(25(33)27-14-16-34-3)30(21-7-5-4-6-19(21)2)23(32)13-12-22(31)29-26-28-15-17-35-26/h4-11,15,17,24H,12-14,16H2,1-3H3,(H,27,33)(H,28,29,31)/t24-/m0/s1. The Morgan fingerprint density at radius 1 is 1.06 bits per heavy atom. The van der Waals surface area contributed by atoms with Crippen molar-refractivity contribution in [2.45, 2.75) is 32.7 Å². The molecule has 0 fully saturated rings. The second kappa shape index (κ2) is 12.8. The Morgan fingerprint density at radius 3 is 2.46 bits per heavy atom. The molecule has 8 nitrogen and oxygen atoms in total. The van der Waals surface area contributed by atoms with Gasteiger partial charge in [-0.05, 0) is 31.0 Å². The van der Waals surface area contributed by atoms with Gasteiger partial charge in [0.15, 0.2) is 5.13 Å². The van der Waals surface area contributed by atoms with E-state index in [2.05, 4.69) is 15.6 Å². The van der Waals surface area contributed by atoms with E-state index in [1.54, 1.807) is 18.7 Å². The maximum absolute atomic E-state index is 13.6. The molecule has 184 valence electrons. The summed E-state index contributed by atoms with van der Waals surface area (Å²) in [5.74, 6) is -0.967. The molecular weight excluding hydrogens is 464 g/mol. The van der Waals surface area contributed by atoms with Gasteiger partial charge in [0, 0.05) is 43.8 Å². The second-order valence-corrected chi connectivity index (χ2v) is 8.93. The molecule has 0 aliphatic heterocycles. The van der Waals surface area contributed by atoms with Crippen LogP contribution in [0, 0.1) is 13.8 Å². The predicted octanol–water partition coefficient (Wildman–Crippen LogP) is 4.02. The number of methoxy groups -OCH3 is 1. The monoisotopic (exact) mass is 494 g/mol. The van der Waals surface area contributed by atoms with Gasteiger partial charge in [0.25, 0.3) is 0 Å². The highest BCUT2D eigenvalue weighted by Crippen LogP contribution is 2.31. The molecule has 0 aliphatic carbocycles. The normalized spacial score (nSPS) is 11.5. The molecule has 9 heteroatoms. The Labute approximate surface area is 209 Å². The van der Waals surface area contributed by atoms with Gasteiger partial charge in [-0.2, -0.15) is 0 Å². The third-order valence-corrected chi connectivity index (χ3v) is 6.08. The molecule has 0 unspecified atom stereocenters. The van der Waals surface area contributed by atoms with E-state index in [4.69, 9.17) is 4.74 Å². The first-order valence-electron chi connectivity index (χ1n) is 11.3. The summed E-state index contributed by atoms with van der Waals surface area (Å²) in [7, 11) is 1.56. The van der Waals surface area contributed by atoms with Crippen LogP contribution >= 0.6 is 11.3 Å². The number of thiazole rings is 1. The van der Waals surface area contributed by atoms with Crippen molar-refractivity contribution < 1.29 is 19.1 Å². The van der Waals surface area contributed by atoms with E-state index >= 15 is 0 Å². The lowest BCUT2D eigenvalue weighted by molar-refractivity contribution is -0.127. The van der Waals surface area contributed by atoms with E-state index in [1.165, 1.54) is 16.2 Å². The minimum Gasteiger partial charge on any atom is -0.383 e. The number of carbonyl (C=O) groups is 3. The third kappa shape index (κ3) is 7.21. The topological polar surface area (TPSA) is 101 Å². The number of nitrogens with zero attached hydrogens (tertiary/aromatic N) is 2. The van der Waals surface area contributed by atoms with Crippen LogP contribution in [-0.2, 0) is 19.1 Å². The largest absolute Gasteiger partial charge is 0.383 e. The van der Waals surface area contributed by atoms with Crippen molar-refractivity contribution in [3.05, 3.63) is 76.8 Å². The van der Waals surface area contributed by atoms with E-state index in [0.29, 0.717) is 29.5 Å². The number of benzene rings is 2. The first-order chi connectivity index (χ1) is 16.9. The van der Waals surface area contributed by atoms with Crippen molar-refractivity contribution >= 4 is 39.9 Å². The number of aromatic nitrogens is 1. The lowest BCUT2D eigenvalue weighted by atomic mass is 10.00. The molecule has 0 bridgehead atoms. The maximum Gasteiger partial charge on any atom is 0.247 e. The minimum absolute atomic E-state index is 0.0350. The molecule has 3 rings (SSSR count). The number of hydrogen-bond acceptors (Lipinski definition) is 6. The summed E-state index contributed by atoms with van der Waals surface area (Å²) in [6.45, 7) is 4.51. The quantitative estimate of drug-likeness (QED) is 0.392. The number of anilines is 2. The zero-order valence-electron chi connectivity index (χ0n) is 20.1. The molecule has 0 radical (unpaired) electrons. The van der Waals surface area contributed by atoms with Gasteiger partial charge in [-0.25, -0.2) is 4.98 Å². The van der Waals surface area contributed by atoms with Crippen LogP contribution in [0.4, 0.5) is 10.8 Å². The van der Waals surface area contributed by atoms with E-state index < -0.39 is 6.04 Å². The van der Waals surface area contributed by atoms with E-state index in [1.807, 2.05) is 62.4 Å². The number of amides is 3. The van der Waals surface area contributed by atoms with E-state index in [-0.39, 0.29) is 30.6 Å². The van der Waals surface area contributed by atoms with Crippen molar-refractivity contribution in [3.8, 4) is 0 Å². The number of aryl methyl sites for hydroxylation is 2. The Kier molecular flexibility index (Phi) is 9.51. The number of rotatable bonds is 11. The molecule has 0 aliphatic rings. The summed E-state index contributed by atoms with van der Waals surface area (Å²) in [6, 6.07) is 14.0. The third-order valence-electron chi connectivity index (χ3n) is 5.39. The van der Waals surface area contributed by atoms with Crippen molar-refractivity contribution in [1.29, 1.82) is 0 Å². The average molecular weight is 495 g/mol. The molecular formula is C26H30N4O4S. The zero-order chi connectivity index (χ0) is 25.2. The lowest BCUT2D eigenvalue weighted by Crippen LogP contribution is -2.45. The van der Waals surface area contributed by atoms with Gasteiger partial charge in [-0.3, -0.25) is 19.3 Å². The number of hydrogen-bond donors (Lipinski definition) is 2. The van der Waals surface area contributed by atoms with Crippen molar-refractivity contribution in [1.82, 2.24) is 10.3 Å². The number of carbonyl (C=O) groups excluding carboxylic acids is 3. The highest BCUT2D eigenvalue weighted by Gasteiger charge is 2.33. The van der Waals surface area contributed by atoms with Crippen LogP contribution in [-0.4, -0.2) is 43.0 Å². The van der Waals surface area contributed by atoms with Crippen molar-refractivity contribution in [2.24, 2.45) is 0 Å². The van der Waals surface area contributed by atoms with Crippen molar-refractivity contribution in [2.75, 3.05) is 30.5 Å². The average Bonchev–Trinajstić information content (AvgIpc) is 3.35. The Balaban J connectivity index is 1.92. The van der Waals surface area contributed by atoms with Crippen LogP contribution < -0.4 is 15.5 Å². The van der Waals surface area contributed by atoms with Gasteiger partial charge in [-0.1, -0.05) is 48.0 Å². The molecule has 2 N–H and O–H groups in total. The van der Waals surface area contributed by atoms with Gasteiger partial charge < -0.3 is 15.4 Å². The first kappa shape index (κ1) is 26.1. The molecule has 1 atom stereocenters. The van der Waals surface area contributed by atoms with Gasteiger partial charge in [0.1, 0.15) is 6.04 Å². The van der Waals surface area contributed by atoms with Crippen LogP contribution in [0.2, 0.25) is 0 Å². The highest BCUT2D eigenvalue weighted by molar-refractivity contribution is 7.13. The molecule has 0 saturated carbocycles. The summed E-state index contributed by atoms with van der Waals surface area (Å²) >= 11 is 1.31. The molecule has 3 aromatic rings. The summed E-state index contributed by atoms with van der Waals surface area (Å²) in [5, 5.41) is 7.81. The van der Waals surface area contributed by atoms with Crippen LogP contribution in [0.25, 0.3) is 0 Å². The maximum atomic E-state index is 13.6. The number of para-hydroxylation sites is 1. The first-order valence-corrected chi connectivity index (χ1v) is 12.2. The van der Waals surface area contributed by atoms with Gasteiger partial charge >= 0.3 is 0 Å². The molecule has 35 heavy (non-hydrogen) atoms. The fraction of sp³-hybridized carbons (Fsp3) is 0.308. The van der Waals surface area contributed by atoms with Gasteiger partial charge in [-0.15, -0.1) is 11.3 Å². The Bertz CT molecular complexity index is 1130. The van der Waals surface area contributed by atoms with Crippen LogP contribution in [0.5, 0.6) is 0 Å². The second-order valence-electron chi connectivity index (χ2n) is 8.03. The number of nitrogens with one attached hydrogen (secondary N) is 2. The molecule has 0 spiro atoms. The van der Waals surface area contributed by atoms with E-state index in [9.17, 15) is 14.4 Å². The summed E-state index contributed by atoms with van der Waals surface area (Å²) in [6.07, 6.45) is 1.49. The molecule has 2 aromatic carbocycles. The number of ether oxygens (including phenoxy) is 1. The van der Waals surface area contributed by atoms with Gasteiger partial charge in [0.2, 0.25) is 17.7 Å². The SMILES string of the molecule is COCCNC(=O)[C@H](c1ccc(C)cc1)N(C(=O)CCC(=O)Nc1nccs1)c1ccccc1C. The highest BCUT2D eigenvalue weighted by atomic mass is 32.1. The predicted molar refractivity (Wildman–Crippen MR) is 137 cm³/mol. The minimum atomic E-state index is -0.914. The molecule has 0 saturated heterocycles. The van der Waals surface area contributed by atoms with Crippen molar-refractivity contribution in [3.63, 3.8) is 0 Å². The van der Waals surface area contributed by atoms with Gasteiger partial charge in [0.05, 0.1) is 6.61 Å². The Hall–Kier alpha value is -3.56. The van der Waals surface area contributed by atoms with Crippen LogP contribution in [0.1, 0.15) is 35.6 Å². The molecule has 1 aromatic heterocycles. The fourth-order valence-electron chi connectivity index (χ4n) is 3.60. The van der Waals surface area contributed by atoms with Crippen LogP contribution in [0.3, 0.4) is 0 Å². The Morgan fingerprint density at radius 2 is 1.80 bits per heavy atom. The smallest absolute Gasteiger partial charge is 0.247 e. The fourth-order valence-corrected chi connectivity index (χ4v) is 4.14. The summed E-state index contributed by atoms with van der Waals surface area (Å²) in [5.41, 5.74) is 3.18. The summed E-state index contributed by atoms with van der Waals surface area (Å²) < 4.78 is 5.07.